The molecule has 1 aromatic heterocycles. The fourth-order valence-corrected chi connectivity index (χ4v) is 2.16. The Morgan fingerprint density at radius 3 is 3.00 bits per heavy atom. The number of nitrogens with zero attached hydrogens (tertiary/aromatic N) is 1. The number of pyridine rings is 1. The Morgan fingerprint density at radius 1 is 1.56 bits per heavy atom. The Morgan fingerprint density at radius 2 is 2.38 bits per heavy atom. The predicted octanol–water partition coefficient (Wildman–Crippen LogP) is 2.30. The van der Waals surface area contributed by atoms with Gasteiger partial charge in [-0.05, 0) is 38.3 Å². The SMILES string of the molecule is CCOC1CC(N[C@@H](C)c2cccnc2)C1. The van der Waals surface area contributed by atoms with E-state index < -0.39 is 0 Å². The standard InChI is InChI=1S/C13H20N2O/c1-3-16-13-7-12(8-13)15-10(2)11-5-4-6-14-9-11/h4-6,9-10,12-13,15H,3,7-8H2,1-2H3/t10-,12?,13?/m0/s1. The summed E-state index contributed by atoms with van der Waals surface area (Å²) in [6.45, 7) is 5.07. The number of hydrogen-bond donors (Lipinski definition) is 1. The first-order valence-corrected chi connectivity index (χ1v) is 6.07. The molecule has 2 rings (SSSR count). The molecule has 1 aliphatic carbocycles. The van der Waals surface area contributed by atoms with Crippen molar-refractivity contribution in [3.8, 4) is 0 Å². The maximum Gasteiger partial charge on any atom is 0.0604 e. The van der Waals surface area contributed by atoms with Gasteiger partial charge in [0.25, 0.3) is 0 Å². The topological polar surface area (TPSA) is 34.1 Å². The van der Waals surface area contributed by atoms with Crippen molar-refractivity contribution in [1.82, 2.24) is 10.3 Å². The second kappa shape index (κ2) is 5.41. The van der Waals surface area contributed by atoms with Gasteiger partial charge in [-0.15, -0.1) is 0 Å². The third kappa shape index (κ3) is 2.80. The van der Waals surface area contributed by atoms with Gasteiger partial charge in [0, 0.05) is 31.1 Å². The van der Waals surface area contributed by atoms with Crippen molar-refractivity contribution in [1.29, 1.82) is 0 Å². The van der Waals surface area contributed by atoms with Crippen LogP contribution >= 0.6 is 0 Å². The molecule has 16 heavy (non-hydrogen) atoms. The summed E-state index contributed by atoms with van der Waals surface area (Å²) in [5.41, 5.74) is 1.25. The van der Waals surface area contributed by atoms with Gasteiger partial charge >= 0.3 is 0 Å². The Kier molecular flexibility index (Phi) is 3.91. The third-order valence-electron chi connectivity index (χ3n) is 3.17. The average molecular weight is 220 g/mol. The molecular formula is C13H20N2O. The molecule has 1 fully saturated rings. The van der Waals surface area contributed by atoms with Gasteiger partial charge in [0.05, 0.1) is 6.10 Å². The molecule has 0 amide bonds. The molecule has 88 valence electrons. The summed E-state index contributed by atoms with van der Waals surface area (Å²) in [6, 6.07) is 5.08. The van der Waals surface area contributed by atoms with Crippen molar-refractivity contribution in [2.24, 2.45) is 0 Å². The molecule has 1 N–H and O–H groups in total. The van der Waals surface area contributed by atoms with E-state index in [2.05, 4.69) is 30.2 Å². The quantitative estimate of drug-likeness (QED) is 0.826. The molecule has 0 bridgehead atoms. The lowest BCUT2D eigenvalue weighted by Crippen LogP contribution is -2.46. The van der Waals surface area contributed by atoms with Crippen molar-refractivity contribution < 1.29 is 4.74 Å². The van der Waals surface area contributed by atoms with Crippen LogP contribution in [-0.2, 0) is 4.74 Å². The minimum absolute atomic E-state index is 0.376. The highest BCUT2D eigenvalue weighted by Crippen LogP contribution is 2.25. The molecule has 0 saturated heterocycles. The van der Waals surface area contributed by atoms with E-state index in [4.69, 9.17) is 4.74 Å². The average Bonchev–Trinajstić information content (AvgIpc) is 2.27. The minimum atomic E-state index is 0.376. The van der Waals surface area contributed by atoms with Gasteiger partial charge in [0.2, 0.25) is 0 Å². The van der Waals surface area contributed by atoms with Crippen molar-refractivity contribution in [3.63, 3.8) is 0 Å². The van der Waals surface area contributed by atoms with Crippen molar-refractivity contribution >= 4 is 0 Å². The lowest BCUT2D eigenvalue weighted by molar-refractivity contribution is -0.0120. The van der Waals surface area contributed by atoms with E-state index in [1.807, 2.05) is 18.5 Å². The van der Waals surface area contributed by atoms with Crippen LogP contribution in [-0.4, -0.2) is 23.7 Å². The van der Waals surface area contributed by atoms with E-state index in [0.29, 0.717) is 18.2 Å². The number of aromatic nitrogens is 1. The molecule has 1 aromatic rings. The largest absolute Gasteiger partial charge is 0.378 e. The molecule has 1 atom stereocenters. The molecule has 0 spiro atoms. The zero-order chi connectivity index (χ0) is 11.4. The highest BCUT2D eigenvalue weighted by molar-refractivity contribution is 5.13. The number of nitrogens with one attached hydrogen (secondary N) is 1. The van der Waals surface area contributed by atoms with E-state index in [-0.39, 0.29) is 0 Å². The van der Waals surface area contributed by atoms with Gasteiger partial charge in [-0.25, -0.2) is 0 Å². The number of hydrogen-bond acceptors (Lipinski definition) is 3. The molecule has 3 heteroatoms. The summed E-state index contributed by atoms with van der Waals surface area (Å²) in [7, 11) is 0. The summed E-state index contributed by atoms with van der Waals surface area (Å²) < 4.78 is 5.54. The smallest absolute Gasteiger partial charge is 0.0604 e. The Bertz CT molecular complexity index is 309. The van der Waals surface area contributed by atoms with Gasteiger partial charge in [-0.1, -0.05) is 6.07 Å². The van der Waals surface area contributed by atoms with Crippen LogP contribution in [0.4, 0.5) is 0 Å². The Balaban J connectivity index is 1.75. The number of rotatable bonds is 5. The van der Waals surface area contributed by atoms with Crippen LogP contribution in [0.25, 0.3) is 0 Å². The summed E-state index contributed by atoms with van der Waals surface area (Å²) in [5.74, 6) is 0. The third-order valence-corrected chi connectivity index (χ3v) is 3.17. The zero-order valence-electron chi connectivity index (χ0n) is 10.0. The van der Waals surface area contributed by atoms with E-state index >= 15 is 0 Å². The van der Waals surface area contributed by atoms with Gasteiger partial charge < -0.3 is 10.1 Å². The van der Waals surface area contributed by atoms with Crippen LogP contribution in [0.2, 0.25) is 0 Å². The van der Waals surface area contributed by atoms with Crippen LogP contribution < -0.4 is 5.32 Å². The lowest BCUT2D eigenvalue weighted by atomic mass is 9.88. The Labute approximate surface area is 97.2 Å². The number of ether oxygens (including phenoxy) is 1. The van der Waals surface area contributed by atoms with E-state index in [1.54, 1.807) is 0 Å². The van der Waals surface area contributed by atoms with Crippen LogP contribution in [0, 0.1) is 0 Å². The monoisotopic (exact) mass is 220 g/mol. The molecular weight excluding hydrogens is 200 g/mol. The minimum Gasteiger partial charge on any atom is -0.378 e. The summed E-state index contributed by atoms with van der Waals surface area (Å²) >= 11 is 0. The van der Waals surface area contributed by atoms with Crippen LogP contribution in [0.3, 0.4) is 0 Å². The van der Waals surface area contributed by atoms with Crippen LogP contribution in [0.5, 0.6) is 0 Å². The van der Waals surface area contributed by atoms with Crippen LogP contribution in [0.1, 0.15) is 38.3 Å². The molecule has 0 radical (unpaired) electrons. The molecule has 1 saturated carbocycles. The molecule has 1 aliphatic rings. The van der Waals surface area contributed by atoms with Crippen molar-refractivity contribution in [3.05, 3.63) is 30.1 Å². The molecule has 0 aliphatic heterocycles. The first kappa shape index (κ1) is 11.6. The summed E-state index contributed by atoms with van der Waals surface area (Å²) in [6.07, 6.45) is 6.49. The second-order valence-corrected chi connectivity index (χ2v) is 4.42. The molecule has 0 aromatic carbocycles. The van der Waals surface area contributed by atoms with Crippen molar-refractivity contribution in [2.75, 3.05) is 6.61 Å². The predicted molar refractivity (Wildman–Crippen MR) is 64.2 cm³/mol. The van der Waals surface area contributed by atoms with Crippen LogP contribution in [0.15, 0.2) is 24.5 Å². The first-order valence-electron chi connectivity index (χ1n) is 6.07. The lowest BCUT2D eigenvalue weighted by Gasteiger charge is -2.37. The van der Waals surface area contributed by atoms with Gasteiger partial charge in [-0.3, -0.25) is 4.98 Å². The second-order valence-electron chi connectivity index (χ2n) is 4.42. The normalized spacial score (nSPS) is 26.1. The maximum absolute atomic E-state index is 5.54. The first-order chi connectivity index (χ1) is 7.79. The highest BCUT2D eigenvalue weighted by atomic mass is 16.5. The van der Waals surface area contributed by atoms with Gasteiger partial charge in [-0.2, -0.15) is 0 Å². The summed E-state index contributed by atoms with van der Waals surface area (Å²) in [5, 5.41) is 3.60. The molecule has 1 heterocycles. The fourth-order valence-electron chi connectivity index (χ4n) is 2.16. The van der Waals surface area contributed by atoms with E-state index in [9.17, 15) is 0 Å². The molecule has 0 unspecified atom stereocenters. The summed E-state index contributed by atoms with van der Waals surface area (Å²) in [4.78, 5) is 4.14. The van der Waals surface area contributed by atoms with E-state index in [0.717, 1.165) is 19.4 Å². The Hall–Kier alpha value is -0.930. The van der Waals surface area contributed by atoms with Gasteiger partial charge in [0.1, 0.15) is 0 Å². The van der Waals surface area contributed by atoms with E-state index in [1.165, 1.54) is 5.56 Å². The maximum atomic E-state index is 5.54. The fraction of sp³-hybridized carbons (Fsp3) is 0.615. The van der Waals surface area contributed by atoms with Gasteiger partial charge in [0.15, 0.2) is 0 Å². The van der Waals surface area contributed by atoms with Crippen molar-refractivity contribution in [2.45, 2.75) is 44.9 Å². The molecule has 3 nitrogen and oxygen atoms in total. The highest BCUT2D eigenvalue weighted by Gasteiger charge is 2.30. The zero-order valence-corrected chi connectivity index (χ0v) is 10.0.